The molecule has 1 saturated carbocycles. The maximum absolute atomic E-state index is 13.4. The van der Waals surface area contributed by atoms with Crippen molar-refractivity contribution < 1.29 is 9.59 Å². The van der Waals surface area contributed by atoms with Crippen molar-refractivity contribution in [3.05, 3.63) is 75.8 Å². The number of ketones is 2. The minimum absolute atomic E-state index is 0.0315. The predicted molar refractivity (Wildman–Crippen MR) is 111 cm³/mol. The Labute approximate surface area is 169 Å². The second kappa shape index (κ2) is 5.99. The van der Waals surface area contributed by atoms with Crippen LogP contribution in [-0.4, -0.2) is 17.3 Å². The normalized spacial score (nSPS) is 25.2. The average molecular weight is 390 g/mol. The van der Waals surface area contributed by atoms with E-state index in [0.717, 1.165) is 29.0 Å². The molecule has 0 N–H and O–H groups in total. The zero-order valence-corrected chi connectivity index (χ0v) is 16.6. The quantitative estimate of drug-likeness (QED) is 0.647. The minimum Gasteiger partial charge on any atom is -0.299 e. The predicted octanol–water partition coefficient (Wildman–Crippen LogP) is 5.49. The van der Waals surface area contributed by atoms with Crippen molar-refractivity contribution in [3.63, 3.8) is 0 Å². The Kier molecular flexibility index (Phi) is 3.76. The van der Waals surface area contributed by atoms with Crippen LogP contribution >= 0.6 is 11.6 Å². The third-order valence-electron chi connectivity index (χ3n) is 6.08. The number of allylic oxidation sites excluding steroid dienone is 1. The highest BCUT2D eigenvalue weighted by molar-refractivity contribution is 6.32. The number of halogens is 1. The lowest BCUT2D eigenvalue weighted by Crippen LogP contribution is -2.43. The molecule has 0 saturated heterocycles. The first-order valence-electron chi connectivity index (χ1n) is 9.60. The number of rotatable bonds is 1. The molecule has 1 heterocycles. The highest BCUT2D eigenvalue weighted by Crippen LogP contribution is 2.52. The Hall–Kier alpha value is -2.52. The van der Waals surface area contributed by atoms with Crippen molar-refractivity contribution in [2.24, 2.45) is 16.3 Å². The number of hydrogen-bond acceptors (Lipinski definition) is 3. The molecular weight excluding hydrogens is 370 g/mol. The van der Waals surface area contributed by atoms with Gasteiger partial charge in [-0.25, -0.2) is 0 Å². The van der Waals surface area contributed by atoms with Crippen molar-refractivity contribution >= 4 is 34.6 Å². The zero-order valence-electron chi connectivity index (χ0n) is 15.8. The van der Waals surface area contributed by atoms with Gasteiger partial charge in [-0.3, -0.25) is 14.6 Å². The fraction of sp³-hybridized carbons (Fsp3) is 0.292. The van der Waals surface area contributed by atoms with Gasteiger partial charge in [-0.15, -0.1) is 0 Å². The monoisotopic (exact) mass is 389 g/mol. The van der Waals surface area contributed by atoms with Gasteiger partial charge in [-0.2, -0.15) is 0 Å². The van der Waals surface area contributed by atoms with Gasteiger partial charge >= 0.3 is 0 Å². The van der Waals surface area contributed by atoms with Crippen LogP contribution in [0.4, 0.5) is 0 Å². The van der Waals surface area contributed by atoms with Crippen LogP contribution in [0.1, 0.15) is 54.1 Å². The van der Waals surface area contributed by atoms with Crippen LogP contribution in [0.5, 0.6) is 0 Å². The van der Waals surface area contributed by atoms with Crippen molar-refractivity contribution in [2.75, 3.05) is 0 Å². The Morgan fingerprint density at radius 2 is 1.61 bits per heavy atom. The summed E-state index contributed by atoms with van der Waals surface area (Å²) < 4.78 is 0. The number of nitrogens with zero attached hydrogens (tertiary/aromatic N) is 1. The molecule has 4 heteroatoms. The van der Waals surface area contributed by atoms with Gasteiger partial charge in [-0.1, -0.05) is 67.9 Å². The highest BCUT2D eigenvalue weighted by Gasteiger charge is 2.50. The molecule has 2 atom stereocenters. The lowest BCUT2D eigenvalue weighted by atomic mass is 9.63. The molecule has 0 aromatic heterocycles. The molecule has 0 radical (unpaired) electrons. The van der Waals surface area contributed by atoms with Crippen LogP contribution in [0, 0.1) is 11.3 Å². The third-order valence-corrected chi connectivity index (χ3v) is 6.43. The SMILES string of the molecule is CC1(C)CC(=O)C2C(=NC3=C(C(=O)c4ccccc43)[C@@H]2c2ccccc2Cl)C1. The fourth-order valence-electron chi connectivity index (χ4n) is 4.98. The van der Waals surface area contributed by atoms with Gasteiger partial charge < -0.3 is 0 Å². The maximum atomic E-state index is 13.4. The van der Waals surface area contributed by atoms with Gasteiger partial charge in [0.25, 0.3) is 0 Å². The molecule has 2 aliphatic carbocycles. The Morgan fingerprint density at radius 3 is 2.36 bits per heavy atom. The lowest BCUT2D eigenvalue weighted by Gasteiger charge is -2.40. The second-order valence-corrected chi connectivity index (χ2v) is 9.11. The summed E-state index contributed by atoms with van der Waals surface area (Å²) in [6.45, 7) is 4.21. The van der Waals surface area contributed by atoms with Crippen LogP contribution in [0.25, 0.3) is 5.70 Å². The van der Waals surface area contributed by atoms with Crippen molar-refractivity contribution in [3.8, 4) is 0 Å². The lowest BCUT2D eigenvalue weighted by molar-refractivity contribution is -0.124. The molecule has 1 fully saturated rings. The molecular formula is C24H20ClNO2. The third kappa shape index (κ3) is 2.46. The van der Waals surface area contributed by atoms with Crippen molar-refractivity contribution in [2.45, 2.75) is 32.6 Å². The standard InChI is InChI=1S/C24H20ClNO2/c1-24(2)11-17-20(18(27)12-24)19(15-9-5-6-10-16(15)25)21-22(26-17)13-7-3-4-8-14(13)23(21)28/h3-10,19-20H,11-12H2,1-2H3/t19-,20?/m1/s1. The molecule has 1 aliphatic heterocycles. The van der Waals surface area contributed by atoms with E-state index in [0.29, 0.717) is 22.6 Å². The number of hydrogen-bond donors (Lipinski definition) is 0. The number of carbonyl (C=O) groups excluding carboxylic acids is 2. The smallest absolute Gasteiger partial charge is 0.192 e. The minimum atomic E-state index is -0.412. The molecule has 3 aliphatic rings. The van der Waals surface area contributed by atoms with Gasteiger partial charge in [-0.05, 0) is 23.5 Å². The molecule has 140 valence electrons. The summed E-state index contributed by atoms with van der Waals surface area (Å²) >= 11 is 6.56. The maximum Gasteiger partial charge on any atom is 0.192 e. The Bertz CT molecular complexity index is 1110. The van der Waals surface area contributed by atoms with Gasteiger partial charge in [0.15, 0.2) is 5.78 Å². The van der Waals surface area contributed by atoms with E-state index in [1.165, 1.54) is 0 Å². The van der Waals surface area contributed by atoms with E-state index in [4.69, 9.17) is 16.6 Å². The van der Waals surface area contributed by atoms with Crippen LogP contribution < -0.4 is 0 Å². The van der Waals surface area contributed by atoms with E-state index in [1.54, 1.807) is 0 Å². The first-order valence-corrected chi connectivity index (χ1v) is 9.98. The van der Waals surface area contributed by atoms with E-state index < -0.39 is 5.92 Å². The van der Waals surface area contributed by atoms with Crippen molar-refractivity contribution in [1.29, 1.82) is 0 Å². The average Bonchev–Trinajstić information content (AvgIpc) is 2.92. The number of fused-ring (bicyclic) bond motifs is 3. The number of benzene rings is 2. The Balaban J connectivity index is 1.78. The van der Waals surface area contributed by atoms with E-state index in [-0.39, 0.29) is 22.9 Å². The van der Waals surface area contributed by atoms with Gasteiger partial charge in [0.1, 0.15) is 5.78 Å². The highest BCUT2D eigenvalue weighted by atomic mass is 35.5. The number of Topliss-reactive ketones (excluding diaryl/α,β-unsaturated/α-hetero) is 2. The van der Waals surface area contributed by atoms with Crippen LogP contribution in [0.15, 0.2) is 59.1 Å². The van der Waals surface area contributed by atoms with Crippen LogP contribution in [0.3, 0.4) is 0 Å². The number of aliphatic imine (C=N–C) groups is 1. The largest absolute Gasteiger partial charge is 0.299 e. The van der Waals surface area contributed by atoms with Crippen LogP contribution in [-0.2, 0) is 4.79 Å². The summed E-state index contributed by atoms with van der Waals surface area (Å²) in [6, 6.07) is 15.1. The van der Waals surface area contributed by atoms with Crippen molar-refractivity contribution in [1.82, 2.24) is 0 Å². The summed E-state index contributed by atoms with van der Waals surface area (Å²) in [6.07, 6.45) is 1.24. The summed E-state index contributed by atoms with van der Waals surface area (Å²) in [5.74, 6) is -0.671. The molecule has 0 amide bonds. The molecule has 5 rings (SSSR count). The van der Waals surface area contributed by atoms with Gasteiger partial charge in [0.2, 0.25) is 0 Å². The fourth-order valence-corrected chi connectivity index (χ4v) is 5.24. The zero-order chi connectivity index (χ0) is 19.6. The van der Waals surface area contributed by atoms with Gasteiger partial charge in [0.05, 0.1) is 11.6 Å². The molecule has 1 unspecified atom stereocenters. The molecule has 0 spiro atoms. The molecule has 2 aromatic rings. The van der Waals surface area contributed by atoms with E-state index >= 15 is 0 Å². The molecule has 2 aromatic carbocycles. The summed E-state index contributed by atoms with van der Waals surface area (Å²) in [5.41, 5.74) is 4.47. The number of carbonyl (C=O) groups is 2. The first kappa shape index (κ1) is 17.6. The molecule has 0 bridgehead atoms. The second-order valence-electron chi connectivity index (χ2n) is 8.70. The van der Waals surface area contributed by atoms with E-state index in [9.17, 15) is 9.59 Å². The topological polar surface area (TPSA) is 46.5 Å². The molecule has 28 heavy (non-hydrogen) atoms. The summed E-state index contributed by atoms with van der Waals surface area (Å²) in [7, 11) is 0. The first-order chi connectivity index (χ1) is 13.4. The van der Waals surface area contributed by atoms with E-state index in [1.807, 2.05) is 48.5 Å². The van der Waals surface area contributed by atoms with Crippen LogP contribution in [0.2, 0.25) is 5.02 Å². The van der Waals surface area contributed by atoms with E-state index in [2.05, 4.69) is 13.8 Å². The van der Waals surface area contributed by atoms with Gasteiger partial charge in [0, 0.05) is 39.8 Å². The summed E-state index contributed by atoms with van der Waals surface area (Å²) in [5, 5.41) is 0.585. The Morgan fingerprint density at radius 1 is 0.929 bits per heavy atom. The summed E-state index contributed by atoms with van der Waals surface area (Å²) in [4.78, 5) is 31.5. The molecule has 3 nitrogen and oxygen atoms in total.